The molecule has 0 fully saturated rings. The SMILES string of the molecule is CCCNc1cnccc1C(=O)N(C)CCCN(C)C. The highest BCUT2D eigenvalue weighted by atomic mass is 16.2. The first-order valence-corrected chi connectivity index (χ1v) is 7.14. The molecule has 0 saturated heterocycles. The Morgan fingerprint density at radius 1 is 1.30 bits per heavy atom. The highest BCUT2D eigenvalue weighted by molar-refractivity contribution is 5.99. The quantitative estimate of drug-likeness (QED) is 0.789. The van der Waals surface area contributed by atoms with Gasteiger partial charge in [-0.25, -0.2) is 0 Å². The van der Waals surface area contributed by atoms with E-state index in [9.17, 15) is 4.79 Å². The third-order valence-corrected chi connectivity index (χ3v) is 3.06. The second-order valence-corrected chi connectivity index (χ2v) is 5.23. The monoisotopic (exact) mass is 278 g/mol. The number of nitrogens with one attached hydrogen (secondary N) is 1. The van der Waals surface area contributed by atoms with Crippen molar-refractivity contribution < 1.29 is 4.79 Å². The smallest absolute Gasteiger partial charge is 0.255 e. The zero-order valence-corrected chi connectivity index (χ0v) is 13.0. The third-order valence-electron chi connectivity index (χ3n) is 3.06. The fourth-order valence-electron chi connectivity index (χ4n) is 1.91. The van der Waals surface area contributed by atoms with E-state index < -0.39 is 0 Å². The molecule has 0 radical (unpaired) electrons. The first-order chi connectivity index (χ1) is 9.56. The zero-order chi connectivity index (χ0) is 15.0. The van der Waals surface area contributed by atoms with Crippen LogP contribution < -0.4 is 5.32 Å². The number of amides is 1. The zero-order valence-electron chi connectivity index (χ0n) is 13.0. The van der Waals surface area contributed by atoms with E-state index in [1.807, 2.05) is 21.1 Å². The number of hydrogen-bond donors (Lipinski definition) is 1. The fourth-order valence-corrected chi connectivity index (χ4v) is 1.91. The van der Waals surface area contributed by atoms with Crippen molar-refractivity contribution in [2.75, 3.05) is 46.1 Å². The van der Waals surface area contributed by atoms with Crippen LogP contribution in [0.5, 0.6) is 0 Å². The van der Waals surface area contributed by atoms with Gasteiger partial charge >= 0.3 is 0 Å². The third kappa shape index (κ3) is 5.17. The van der Waals surface area contributed by atoms with E-state index >= 15 is 0 Å². The molecule has 0 spiro atoms. The number of pyridine rings is 1. The molecule has 1 N–H and O–H groups in total. The van der Waals surface area contributed by atoms with Crippen LogP contribution >= 0.6 is 0 Å². The Kier molecular flexibility index (Phi) is 7.01. The summed E-state index contributed by atoms with van der Waals surface area (Å²) in [7, 11) is 5.93. The van der Waals surface area contributed by atoms with E-state index in [1.54, 1.807) is 23.4 Å². The van der Waals surface area contributed by atoms with E-state index in [1.165, 1.54) is 0 Å². The van der Waals surface area contributed by atoms with Crippen LogP contribution in [-0.2, 0) is 0 Å². The Labute approximate surface area is 122 Å². The van der Waals surface area contributed by atoms with Crippen molar-refractivity contribution >= 4 is 11.6 Å². The number of anilines is 1. The van der Waals surface area contributed by atoms with Crippen molar-refractivity contribution in [3.63, 3.8) is 0 Å². The Bertz CT molecular complexity index is 420. The second kappa shape index (κ2) is 8.53. The molecule has 0 bridgehead atoms. The molecule has 0 saturated carbocycles. The Balaban J connectivity index is 2.65. The van der Waals surface area contributed by atoms with Gasteiger partial charge in [0.25, 0.3) is 5.91 Å². The van der Waals surface area contributed by atoms with E-state index in [0.717, 1.165) is 38.2 Å². The van der Waals surface area contributed by atoms with Crippen LogP contribution in [0, 0.1) is 0 Å². The normalized spacial score (nSPS) is 10.7. The lowest BCUT2D eigenvalue weighted by Crippen LogP contribution is -2.30. The maximum Gasteiger partial charge on any atom is 0.255 e. The minimum atomic E-state index is 0.0461. The van der Waals surface area contributed by atoms with Crippen molar-refractivity contribution in [2.24, 2.45) is 0 Å². The van der Waals surface area contributed by atoms with Gasteiger partial charge in [0.2, 0.25) is 0 Å². The van der Waals surface area contributed by atoms with Crippen LogP contribution in [-0.4, -0.2) is 61.5 Å². The number of aromatic nitrogens is 1. The molecule has 0 aromatic carbocycles. The maximum atomic E-state index is 12.4. The minimum absolute atomic E-state index is 0.0461. The Morgan fingerprint density at radius 2 is 2.05 bits per heavy atom. The van der Waals surface area contributed by atoms with Gasteiger partial charge in [-0.1, -0.05) is 6.92 Å². The largest absolute Gasteiger partial charge is 0.383 e. The topological polar surface area (TPSA) is 48.5 Å². The van der Waals surface area contributed by atoms with Crippen LogP contribution in [0.1, 0.15) is 30.1 Å². The summed E-state index contributed by atoms with van der Waals surface area (Å²) < 4.78 is 0. The van der Waals surface area contributed by atoms with Crippen LogP contribution in [0.4, 0.5) is 5.69 Å². The molecule has 1 aromatic rings. The summed E-state index contributed by atoms with van der Waals surface area (Å²) in [6.45, 7) is 4.68. The van der Waals surface area contributed by atoms with Crippen LogP contribution in [0.15, 0.2) is 18.5 Å². The summed E-state index contributed by atoms with van der Waals surface area (Å²) in [5, 5.41) is 3.25. The number of hydrogen-bond acceptors (Lipinski definition) is 4. The lowest BCUT2D eigenvalue weighted by molar-refractivity contribution is 0.0791. The van der Waals surface area contributed by atoms with Gasteiger partial charge < -0.3 is 15.1 Å². The molecule has 0 unspecified atom stereocenters. The van der Waals surface area contributed by atoms with Crippen molar-refractivity contribution in [3.8, 4) is 0 Å². The molecule has 112 valence electrons. The lowest BCUT2D eigenvalue weighted by Gasteiger charge is -2.20. The van der Waals surface area contributed by atoms with E-state index in [0.29, 0.717) is 5.56 Å². The van der Waals surface area contributed by atoms with Crippen LogP contribution in [0.25, 0.3) is 0 Å². The average molecular weight is 278 g/mol. The van der Waals surface area contributed by atoms with Gasteiger partial charge in [-0.15, -0.1) is 0 Å². The highest BCUT2D eigenvalue weighted by Gasteiger charge is 2.15. The molecule has 5 heteroatoms. The molecule has 1 rings (SSSR count). The fraction of sp³-hybridized carbons (Fsp3) is 0.600. The van der Waals surface area contributed by atoms with Crippen molar-refractivity contribution in [2.45, 2.75) is 19.8 Å². The molecule has 5 nitrogen and oxygen atoms in total. The number of rotatable bonds is 8. The highest BCUT2D eigenvalue weighted by Crippen LogP contribution is 2.15. The Morgan fingerprint density at radius 3 is 2.70 bits per heavy atom. The average Bonchev–Trinajstić information content (AvgIpc) is 2.44. The predicted molar refractivity (Wildman–Crippen MR) is 83.1 cm³/mol. The molecular formula is C15H26N4O. The number of carbonyl (C=O) groups excluding carboxylic acids is 1. The summed E-state index contributed by atoms with van der Waals surface area (Å²) in [6.07, 6.45) is 5.37. The molecular weight excluding hydrogens is 252 g/mol. The van der Waals surface area contributed by atoms with Gasteiger partial charge in [0.05, 0.1) is 17.4 Å². The van der Waals surface area contributed by atoms with Crippen LogP contribution in [0.2, 0.25) is 0 Å². The lowest BCUT2D eigenvalue weighted by atomic mass is 10.2. The summed E-state index contributed by atoms with van der Waals surface area (Å²) in [5.41, 5.74) is 1.51. The minimum Gasteiger partial charge on any atom is -0.383 e. The molecule has 0 aliphatic heterocycles. The van der Waals surface area contributed by atoms with Crippen molar-refractivity contribution in [1.82, 2.24) is 14.8 Å². The summed E-state index contributed by atoms with van der Waals surface area (Å²) >= 11 is 0. The van der Waals surface area contributed by atoms with Gasteiger partial charge in [0, 0.05) is 26.3 Å². The number of nitrogens with zero attached hydrogens (tertiary/aromatic N) is 3. The van der Waals surface area contributed by atoms with E-state index in [4.69, 9.17) is 0 Å². The second-order valence-electron chi connectivity index (χ2n) is 5.23. The van der Waals surface area contributed by atoms with Gasteiger partial charge in [-0.2, -0.15) is 0 Å². The van der Waals surface area contributed by atoms with Gasteiger partial charge in [0.1, 0.15) is 0 Å². The molecule has 1 aromatic heterocycles. The van der Waals surface area contributed by atoms with Gasteiger partial charge in [0.15, 0.2) is 0 Å². The Hall–Kier alpha value is -1.62. The first kappa shape index (κ1) is 16.4. The molecule has 20 heavy (non-hydrogen) atoms. The molecule has 0 aliphatic carbocycles. The van der Waals surface area contributed by atoms with Crippen LogP contribution in [0.3, 0.4) is 0 Å². The van der Waals surface area contributed by atoms with Crippen molar-refractivity contribution in [1.29, 1.82) is 0 Å². The first-order valence-electron chi connectivity index (χ1n) is 7.14. The maximum absolute atomic E-state index is 12.4. The standard InChI is InChI=1S/C15H26N4O/c1-5-8-17-14-12-16-9-7-13(14)15(20)19(4)11-6-10-18(2)3/h7,9,12,17H,5-6,8,10-11H2,1-4H3. The van der Waals surface area contributed by atoms with E-state index in [-0.39, 0.29) is 5.91 Å². The molecule has 0 aliphatic rings. The summed E-state index contributed by atoms with van der Waals surface area (Å²) in [6, 6.07) is 1.78. The summed E-state index contributed by atoms with van der Waals surface area (Å²) in [4.78, 5) is 20.4. The molecule has 0 atom stereocenters. The molecule has 1 amide bonds. The predicted octanol–water partition coefficient (Wildman–Crippen LogP) is 1.93. The van der Waals surface area contributed by atoms with Crippen molar-refractivity contribution in [3.05, 3.63) is 24.0 Å². The van der Waals surface area contributed by atoms with Gasteiger partial charge in [-0.05, 0) is 39.5 Å². The van der Waals surface area contributed by atoms with E-state index in [2.05, 4.69) is 22.1 Å². The number of carbonyl (C=O) groups is 1. The molecule has 1 heterocycles. The van der Waals surface area contributed by atoms with Gasteiger partial charge in [-0.3, -0.25) is 9.78 Å². The summed E-state index contributed by atoms with van der Waals surface area (Å²) in [5.74, 6) is 0.0461.